The van der Waals surface area contributed by atoms with Crippen LogP contribution >= 0.6 is 11.6 Å². The molecule has 1 heterocycles. The summed E-state index contributed by atoms with van der Waals surface area (Å²) in [5.41, 5.74) is -0.635. The molecule has 0 bridgehead atoms. The Morgan fingerprint density at radius 1 is 1.22 bits per heavy atom. The number of nitrogens with zero attached hydrogens (tertiary/aromatic N) is 2. The van der Waals surface area contributed by atoms with Crippen LogP contribution in [-0.2, 0) is 22.8 Å². The number of nitrogens with one attached hydrogen (secondary N) is 1. The second-order valence-corrected chi connectivity index (χ2v) is 6.69. The Bertz CT molecular complexity index is 1080. The molecule has 0 atom stereocenters. The zero-order chi connectivity index (χ0) is 23.9. The minimum absolute atomic E-state index is 0.0249. The van der Waals surface area contributed by atoms with Crippen molar-refractivity contribution in [3.63, 3.8) is 0 Å². The van der Waals surface area contributed by atoms with Crippen LogP contribution in [0.15, 0.2) is 48.8 Å². The molecule has 7 nitrogen and oxygen atoms in total. The number of halogens is 4. The van der Waals surface area contributed by atoms with E-state index in [0.717, 1.165) is 12.1 Å². The second-order valence-electron chi connectivity index (χ2n) is 6.25. The van der Waals surface area contributed by atoms with Gasteiger partial charge < -0.3 is 14.8 Å². The Hall–Kier alpha value is -3.53. The van der Waals surface area contributed by atoms with Crippen LogP contribution in [0.3, 0.4) is 0 Å². The average Bonchev–Trinajstić information content (AvgIpc) is 3.20. The lowest BCUT2D eigenvalue weighted by molar-refractivity contribution is -0.137. The van der Waals surface area contributed by atoms with E-state index >= 15 is 0 Å². The quantitative estimate of drug-likeness (QED) is 0.426. The molecule has 0 radical (unpaired) electrons. The van der Waals surface area contributed by atoms with Gasteiger partial charge in [0.05, 0.1) is 24.4 Å². The number of methoxy groups -OCH3 is 1. The number of carbonyl (C=O) groups excluding carboxylic acids is 2. The highest BCUT2D eigenvalue weighted by molar-refractivity contribution is 6.30. The van der Waals surface area contributed by atoms with Gasteiger partial charge in [0.2, 0.25) is 0 Å². The summed E-state index contributed by atoms with van der Waals surface area (Å²) in [5, 5.41) is 7.08. The summed E-state index contributed by atoms with van der Waals surface area (Å²) in [4.78, 5) is 21.6. The fraction of sp³-hybridized carbons (Fsp3) is 0.190. The van der Waals surface area contributed by atoms with Crippen LogP contribution in [0.2, 0.25) is 5.02 Å². The van der Waals surface area contributed by atoms with Crippen LogP contribution in [-0.4, -0.2) is 36.4 Å². The van der Waals surface area contributed by atoms with Crippen molar-refractivity contribution in [2.45, 2.75) is 6.18 Å². The van der Waals surface area contributed by atoms with Gasteiger partial charge in [-0.05, 0) is 42.0 Å². The molecule has 0 aliphatic rings. The van der Waals surface area contributed by atoms with E-state index in [1.165, 1.54) is 31.2 Å². The van der Waals surface area contributed by atoms with Crippen LogP contribution in [0.5, 0.6) is 5.75 Å². The van der Waals surface area contributed by atoms with Gasteiger partial charge in [-0.15, -0.1) is 0 Å². The van der Waals surface area contributed by atoms with Gasteiger partial charge in [-0.3, -0.25) is 9.48 Å². The summed E-state index contributed by atoms with van der Waals surface area (Å²) in [5.74, 6) is -0.220. The van der Waals surface area contributed by atoms with Crippen molar-refractivity contribution in [3.8, 4) is 16.9 Å². The molecular weight excluding hydrogens is 451 g/mol. The third-order valence-corrected chi connectivity index (χ3v) is 4.40. The lowest BCUT2D eigenvalue weighted by atomic mass is 9.97. The van der Waals surface area contributed by atoms with E-state index in [0.29, 0.717) is 17.2 Å². The number of rotatable bonds is 5. The first-order valence-electron chi connectivity index (χ1n) is 8.96. The summed E-state index contributed by atoms with van der Waals surface area (Å²) in [6.07, 6.45) is -1.80. The summed E-state index contributed by atoms with van der Waals surface area (Å²) in [6.45, 7) is 0.378. The van der Waals surface area contributed by atoms with E-state index in [1.54, 1.807) is 31.3 Å². The molecular formula is C21H19ClF3N3O4. The molecule has 1 aromatic heterocycles. The third-order valence-electron chi connectivity index (χ3n) is 4.15. The largest absolute Gasteiger partial charge is 0.465 e. The highest BCUT2D eigenvalue weighted by Crippen LogP contribution is 2.40. The number of esters is 1. The predicted octanol–water partition coefficient (Wildman–Crippen LogP) is 4.81. The Morgan fingerprint density at radius 2 is 1.88 bits per heavy atom. The number of carbonyl (C=O) groups is 2. The minimum Gasteiger partial charge on any atom is -0.465 e. The van der Waals surface area contributed by atoms with Crippen LogP contribution in [0, 0.1) is 0 Å². The molecule has 0 aliphatic heterocycles. The molecule has 0 unspecified atom stereocenters. The fourth-order valence-corrected chi connectivity index (χ4v) is 2.81. The van der Waals surface area contributed by atoms with Gasteiger partial charge in [0, 0.05) is 36.6 Å². The number of benzene rings is 2. The van der Waals surface area contributed by atoms with Crippen LogP contribution in [0.1, 0.15) is 15.9 Å². The second kappa shape index (κ2) is 10.7. The van der Waals surface area contributed by atoms with Crippen LogP contribution < -0.4 is 10.1 Å². The monoisotopic (exact) mass is 469 g/mol. The number of hydrogen-bond donors (Lipinski definition) is 1. The fourth-order valence-electron chi connectivity index (χ4n) is 2.69. The van der Waals surface area contributed by atoms with Crippen molar-refractivity contribution in [1.29, 1.82) is 0 Å². The Morgan fingerprint density at radius 3 is 2.34 bits per heavy atom. The summed E-state index contributed by atoms with van der Waals surface area (Å²) in [6, 6.07) is 8.61. The molecule has 32 heavy (non-hydrogen) atoms. The van der Waals surface area contributed by atoms with E-state index in [2.05, 4.69) is 19.9 Å². The third kappa shape index (κ3) is 6.24. The number of alkyl halides is 3. The molecule has 3 rings (SSSR count). The standard InChI is InChI=1S/C14H14F3N3O2.C7H5ClO2/c1-18-12-5-11(14(15,16)17)9(4-10(12)13(21)22-3)8-6-19-20(2)7-8;8-6-1-3-7(4-2-6)10-5-9/h4-7,18H,1-3H3;1-5H. The minimum atomic E-state index is -4.56. The summed E-state index contributed by atoms with van der Waals surface area (Å²) < 4.78 is 50.4. The Balaban J connectivity index is 0.000000303. The molecule has 170 valence electrons. The molecule has 0 spiro atoms. The van der Waals surface area contributed by atoms with Gasteiger partial charge in [0.25, 0.3) is 6.47 Å². The molecule has 0 aliphatic carbocycles. The maximum atomic E-state index is 13.3. The highest BCUT2D eigenvalue weighted by atomic mass is 35.5. The molecule has 3 aromatic rings. The van der Waals surface area contributed by atoms with Gasteiger partial charge >= 0.3 is 12.1 Å². The SMILES string of the molecule is CNc1cc(C(F)(F)F)c(-c2cnn(C)c2)cc1C(=O)OC.O=COc1ccc(Cl)cc1. The van der Waals surface area contributed by atoms with Crippen molar-refractivity contribution >= 4 is 29.7 Å². The normalized spacial score (nSPS) is 10.6. The van der Waals surface area contributed by atoms with Crippen molar-refractivity contribution < 1.29 is 32.2 Å². The van der Waals surface area contributed by atoms with Gasteiger partial charge in [-0.25, -0.2) is 4.79 Å². The molecule has 0 amide bonds. The van der Waals surface area contributed by atoms with E-state index in [4.69, 9.17) is 11.6 Å². The lowest BCUT2D eigenvalue weighted by Crippen LogP contribution is -2.12. The highest BCUT2D eigenvalue weighted by Gasteiger charge is 2.35. The van der Waals surface area contributed by atoms with Gasteiger partial charge in [0.1, 0.15) is 5.75 Å². The topological polar surface area (TPSA) is 82.5 Å². The number of aromatic nitrogens is 2. The molecule has 11 heteroatoms. The van der Waals surface area contributed by atoms with Gasteiger partial charge in [-0.1, -0.05) is 11.6 Å². The Labute approximate surface area is 186 Å². The Kier molecular flexibility index (Phi) is 8.25. The summed E-state index contributed by atoms with van der Waals surface area (Å²) >= 11 is 5.57. The maximum absolute atomic E-state index is 13.3. The zero-order valence-corrected chi connectivity index (χ0v) is 18.0. The van der Waals surface area contributed by atoms with E-state index in [1.807, 2.05) is 0 Å². The van der Waals surface area contributed by atoms with Crippen LogP contribution in [0.4, 0.5) is 18.9 Å². The smallest absolute Gasteiger partial charge is 0.417 e. The molecule has 1 N–H and O–H groups in total. The van der Waals surface area contributed by atoms with E-state index < -0.39 is 17.7 Å². The summed E-state index contributed by atoms with van der Waals surface area (Å²) in [7, 11) is 4.20. The number of anilines is 1. The predicted molar refractivity (Wildman–Crippen MR) is 113 cm³/mol. The molecule has 0 saturated carbocycles. The molecule has 0 saturated heterocycles. The maximum Gasteiger partial charge on any atom is 0.417 e. The lowest BCUT2D eigenvalue weighted by Gasteiger charge is -2.16. The van der Waals surface area contributed by atoms with Crippen molar-refractivity contribution in [2.75, 3.05) is 19.5 Å². The molecule has 2 aromatic carbocycles. The number of ether oxygens (including phenoxy) is 2. The van der Waals surface area contributed by atoms with Crippen molar-refractivity contribution in [2.24, 2.45) is 7.05 Å². The van der Waals surface area contributed by atoms with E-state index in [9.17, 15) is 22.8 Å². The number of hydrogen-bond acceptors (Lipinski definition) is 6. The van der Waals surface area contributed by atoms with Crippen molar-refractivity contribution in [1.82, 2.24) is 9.78 Å². The van der Waals surface area contributed by atoms with Gasteiger partial charge in [-0.2, -0.15) is 18.3 Å². The zero-order valence-electron chi connectivity index (χ0n) is 17.2. The first-order chi connectivity index (χ1) is 15.1. The van der Waals surface area contributed by atoms with Crippen LogP contribution in [0.25, 0.3) is 11.1 Å². The van der Waals surface area contributed by atoms with E-state index in [-0.39, 0.29) is 22.4 Å². The first-order valence-corrected chi connectivity index (χ1v) is 9.34. The van der Waals surface area contributed by atoms with Crippen molar-refractivity contribution in [3.05, 3.63) is 64.9 Å². The average molecular weight is 470 g/mol. The molecule has 0 fully saturated rings. The van der Waals surface area contributed by atoms with Gasteiger partial charge in [0.15, 0.2) is 0 Å². The first kappa shape index (κ1) is 24.7. The number of aryl methyl sites for hydroxylation is 1.